The molecular weight excluding hydrogens is 1450 g/mol. The van der Waals surface area contributed by atoms with Crippen LogP contribution in [-0.2, 0) is 32.5 Å². The Morgan fingerprint density at radius 2 is 0.675 bits per heavy atom. The number of benzene rings is 14. The second kappa shape index (κ2) is 29.2. The monoisotopic (exact) mass is 1560 g/mol. The third kappa shape index (κ3) is 13.9. The van der Waals surface area contributed by atoms with Crippen molar-refractivity contribution in [1.29, 1.82) is 0 Å². The first kappa shape index (κ1) is 78.7. The SMILES string of the molecule is C=C/C=C\C(=C/C)c1cc(C(C)(C)C)cc(-c2ccccc2)c1N1c2cc(-c3cc(C(C)(C)C)cc(C(C)(C)C)c3)ccc2B2c3ccc(-c4cc(C(C)(C)C)cc(C(C)(C)C)c4)cc3N(c3c(-c4ccccc4)cc(C(C)(C)C)cc3-c3ccccc3)c3cc(-c4cc(-n5c6ccccc6c6ccccc65)c5oc6ccccc6c5c4)cc1c32. The number of hydrogen-bond donors (Lipinski definition) is 0. The molecule has 14 aromatic carbocycles. The standard InChI is InChI=1S/C115H110BN3O/c1-21-23-39-72(22-2)91-68-86(114(15,16)17)69-92(73-40-27-24-28-41-73)107(91)118-100-61-76(78-56-82(110(3,4)5)66-83(57-78)111(6,7)8)52-54-96(100)116-97-55-53-77(79-58-84(112(9,10)11)67-85(59-79)113(12,13)14)62-101(97)119(108-93(74-42-29-25-30-43-74)70-87(115(18,19)20)71-94(108)75-44-31-26-32-45-75)103-64-81(63-102(118)106(103)116)80-60-95-90-48-35-38-51-105(90)120-109(95)104(65-80)117-98-49-36-33-46-88(98)89-47-34-37-50-99(89)117/h21-71H,1H2,2-20H3/b39-23-,72-22+. The second-order valence-corrected chi connectivity index (χ2v) is 39.8. The Bertz CT molecular complexity index is 6680. The van der Waals surface area contributed by atoms with Crippen LogP contribution in [0.4, 0.5) is 34.1 Å². The molecule has 0 radical (unpaired) electrons. The van der Waals surface area contributed by atoms with Gasteiger partial charge in [0.1, 0.15) is 5.58 Å². The molecule has 0 saturated heterocycles. The van der Waals surface area contributed by atoms with Crippen molar-refractivity contribution >= 4 is 107 Å². The summed E-state index contributed by atoms with van der Waals surface area (Å²) >= 11 is 0. The lowest BCUT2D eigenvalue weighted by molar-refractivity contribution is 0.568. The van der Waals surface area contributed by atoms with Crippen molar-refractivity contribution in [2.75, 3.05) is 9.80 Å². The molecule has 16 aromatic rings. The fourth-order valence-corrected chi connectivity index (χ4v) is 18.5. The zero-order valence-corrected chi connectivity index (χ0v) is 73.5. The highest BCUT2D eigenvalue weighted by molar-refractivity contribution is 7.00. The lowest BCUT2D eigenvalue weighted by Gasteiger charge is -2.46. The summed E-state index contributed by atoms with van der Waals surface area (Å²) in [6, 6.07) is 110. The van der Waals surface area contributed by atoms with E-state index in [1.165, 1.54) is 71.7 Å². The maximum absolute atomic E-state index is 7.33. The number of furan rings is 1. The predicted molar refractivity (Wildman–Crippen MR) is 520 cm³/mol. The quantitative estimate of drug-likeness (QED) is 0.0900. The van der Waals surface area contributed by atoms with E-state index in [1.54, 1.807) is 0 Å². The molecule has 0 amide bonds. The molecule has 2 aliphatic rings. The number of nitrogens with zero attached hydrogens (tertiary/aromatic N) is 3. The van der Waals surface area contributed by atoms with Crippen molar-refractivity contribution in [3.05, 3.63) is 355 Å². The number of anilines is 6. The molecule has 0 fully saturated rings. The van der Waals surface area contributed by atoms with Crippen molar-refractivity contribution in [3.63, 3.8) is 0 Å². The Balaban J connectivity index is 1.09. The Hall–Kier alpha value is -12.4. The first-order valence-electron chi connectivity index (χ1n) is 43.0. The Morgan fingerprint density at radius 3 is 1.11 bits per heavy atom. The zero-order chi connectivity index (χ0) is 84.0. The van der Waals surface area contributed by atoms with Crippen LogP contribution >= 0.6 is 0 Å². The third-order valence-corrected chi connectivity index (χ3v) is 25.4. The smallest absolute Gasteiger partial charge is 0.252 e. The predicted octanol–water partition coefficient (Wildman–Crippen LogP) is 30.7. The lowest BCUT2D eigenvalue weighted by atomic mass is 9.33. The summed E-state index contributed by atoms with van der Waals surface area (Å²) < 4.78 is 9.80. The molecule has 0 atom stereocenters. The molecule has 120 heavy (non-hydrogen) atoms. The Morgan fingerprint density at radius 1 is 0.317 bits per heavy atom. The highest BCUT2D eigenvalue weighted by Gasteiger charge is 2.47. The van der Waals surface area contributed by atoms with Gasteiger partial charge in [-0.3, -0.25) is 0 Å². The van der Waals surface area contributed by atoms with Crippen molar-refractivity contribution in [1.82, 2.24) is 4.57 Å². The molecule has 4 nitrogen and oxygen atoms in total. The molecular formula is C115H110BN3O. The van der Waals surface area contributed by atoms with Crippen LogP contribution in [0.25, 0.3) is 122 Å². The van der Waals surface area contributed by atoms with Crippen molar-refractivity contribution in [2.45, 2.75) is 164 Å². The number of hydrogen-bond acceptors (Lipinski definition) is 3. The van der Waals surface area contributed by atoms with Gasteiger partial charge in [-0.15, -0.1) is 0 Å². The molecule has 18 rings (SSSR count). The minimum Gasteiger partial charge on any atom is -0.454 e. The molecule has 0 aliphatic carbocycles. The summed E-state index contributed by atoms with van der Waals surface area (Å²) in [5.41, 5.74) is 37.5. The van der Waals surface area contributed by atoms with Gasteiger partial charge in [0.25, 0.3) is 6.71 Å². The van der Waals surface area contributed by atoms with E-state index in [9.17, 15) is 0 Å². The van der Waals surface area contributed by atoms with Gasteiger partial charge in [-0.1, -0.05) is 362 Å². The van der Waals surface area contributed by atoms with Crippen molar-refractivity contribution in [3.8, 4) is 72.4 Å². The van der Waals surface area contributed by atoms with Gasteiger partial charge in [0.15, 0.2) is 5.58 Å². The van der Waals surface area contributed by atoms with E-state index in [0.717, 1.165) is 140 Å². The number of aromatic nitrogens is 1. The fraction of sp³-hybridized carbons (Fsp3) is 0.217. The Kier molecular flexibility index (Phi) is 19.2. The van der Waals surface area contributed by atoms with Crippen LogP contribution in [0.3, 0.4) is 0 Å². The van der Waals surface area contributed by atoms with Gasteiger partial charge in [-0.05, 0) is 224 Å². The molecule has 4 heterocycles. The topological polar surface area (TPSA) is 24.6 Å². The molecule has 0 unspecified atom stereocenters. The Labute approximate surface area is 712 Å². The van der Waals surface area contributed by atoms with Gasteiger partial charge >= 0.3 is 0 Å². The van der Waals surface area contributed by atoms with E-state index >= 15 is 0 Å². The molecule has 0 N–H and O–H groups in total. The molecule has 0 saturated carbocycles. The van der Waals surface area contributed by atoms with E-state index in [0.29, 0.717) is 0 Å². The first-order valence-corrected chi connectivity index (χ1v) is 43.0. The van der Waals surface area contributed by atoms with Crippen LogP contribution in [0.5, 0.6) is 0 Å². The summed E-state index contributed by atoms with van der Waals surface area (Å²) in [6.07, 6.45) is 8.59. The summed E-state index contributed by atoms with van der Waals surface area (Å²) in [5.74, 6) is 0. The summed E-state index contributed by atoms with van der Waals surface area (Å²) in [5, 5.41) is 4.45. The van der Waals surface area contributed by atoms with Crippen LogP contribution in [0.15, 0.2) is 320 Å². The maximum atomic E-state index is 7.33. The third-order valence-electron chi connectivity index (χ3n) is 25.4. The zero-order valence-electron chi connectivity index (χ0n) is 73.5. The van der Waals surface area contributed by atoms with E-state index in [1.807, 2.05) is 6.08 Å². The van der Waals surface area contributed by atoms with E-state index < -0.39 is 0 Å². The highest BCUT2D eigenvalue weighted by Crippen LogP contribution is 2.57. The van der Waals surface area contributed by atoms with Gasteiger partial charge in [-0.25, -0.2) is 0 Å². The minimum atomic E-state index is -0.316. The van der Waals surface area contributed by atoms with Gasteiger partial charge in [0.05, 0.1) is 28.1 Å². The molecule has 5 heteroatoms. The molecule has 2 aliphatic heterocycles. The number of rotatable bonds is 12. The summed E-state index contributed by atoms with van der Waals surface area (Å²) in [6.45, 7) is 48.7. The number of allylic oxidation sites excluding steroid dienone is 5. The average Bonchev–Trinajstić information content (AvgIpc) is 0.715. The molecule has 0 spiro atoms. The van der Waals surface area contributed by atoms with Gasteiger partial charge in [0, 0.05) is 66.5 Å². The number of fused-ring (bicyclic) bond motifs is 10. The van der Waals surface area contributed by atoms with Gasteiger partial charge in [0.2, 0.25) is 0 Å². The highest BCUT2D eigenvalue weighted by atomic mass is 16.3. The van der Waals surface area contributed by atoms with Gasteiger partial charge < -0.3 is 18.8 Å². The minimum absolute atomic E-state index is 0.138. The second-order valence-electron chi connectivity index (χ2n) is 39.8. The van der Waals surface area contributed by atoms with Crippen LogP contribution in [-0.4, -0.2) is 11.3 Å². The van der Waals surface area contributed by atoms with Crippen molar-refractivity contribution in [2.24, 2.45) is 0 Å². The maximum Gasteiger partial charge on any atom is 0.252 e. The summed E-state index contributed by atoms with van der Waals surface area (Å²) in [7, 11) is 0. The van der Waals surface area contributed by atoms with E-state index in [-0.39, 0.29) is 39.2 Å². The fourth-order valence-electron chi connectivity index (χ4n) is 18.5. The largest absolute Gasteiger partial charge is 0.454 e. The lowest BCUT2D eigenvalue weighted by Crippen LogP contribution is -2.61. The van der Waals surface area contributed by atoms with Crippen LogP contribution in [0.1, 0.15) is 170 Å². The molecule has 0 bridgehead atoms. The van der Waals surface area contributed by atoms with Crippen LogP contribution < -0.4 is 26.2 Å². The van der Waals surface area contributed by atoms with Gasteiger partial charge in [-0.2, -0.15) is 0 Å². The normalized spacial score (nSPS) is 13.5. The first-order chi connectivity index (χ1) is 57.2. The van der Waals surface area contributed by atoms with Crippen molar-refractivity contribution < 1.29 is 4.42 Å². The average molecular weight is 1560 g/mol. The van der Waals surface area contributed by atoms with E-state index in [2.05, 4.69) is 456 Å². The summed E-state index contributed by atoms with van der Waals surface area (Å²) in [4.78, 5) is 5.50. The molecule has 594 valence electrons. The van der Waals surface area contributed by atoms with Crippen LogP contribution in [0, 0.1) is 0 Å². The van der Waals surface area contributed by atoms with Crippen LogP contribution in [0.2, 0.25) is 0 Å². The molecule has 2 aromatic heterocycles. The number of para-hydroxylation sites is 3. The van der Waals surface area contributed by atoms with E-state index in [4.69, 9.17) is 4.42 Å².